The molecule has 1 aromatic heterocycles. The van der Waals surface area contributed by atoms with E-state index in [-0.39, 0.29) is 17.7 Å². The average Bonchev–Trinajstić information content (AvgIpc) is 3.20. The molecule has 1 aliphatic carbocycles. The lowest BCUT2D eigenvalue weighted by Crippen LogP contribution is -2.54. The Morgan fingerprint density at radius 2 is 1.93 bits per heavy atom. The topological polar surface area (TPSA) is 45.5 Å². The number of rotatable bonds is 5. The van der Waals surface area contributed by atoms with E-state index >= 15 is 0 Å². The van der Waals surface area contributed by atoms with E-state index in [2.05, 4.69) is 4.57 Å². The minimum atomic E-state index is -0.546. The number of carbonyl (C=O) groups is 1. The molecule has 2 heterocycles. The first-order valence-corrected chi connectivity index (χ1v) is 10.8. The molecule has 1 N–H and O–H groups in total. The highest BCUT2D eigenvalue weighted by atomic mass is 35.5. The number of nitrogens with zero attached hydrogens (tertiary/aromatic N) is 2. The van der Waals surface area contributed by atoms with Crippen molar-refractivity contribution < 1.29 is 9.90 Å². The van der Waals surface area contributed by atoms with Crippen LogP contribution in [0.5, 0.6) is 0 Å². The molecule has 1 aromatic carbocycles. The highest BCUT2D eigenvalue weighted by Gasteiger charge is 2.43. The number of fused-ring (bicyclic) bond motifs is 1. The number of amides is 1. The van der Waals surface area contributed by atoms with Gasteiger partial charge in [-0.05, 0) is 49.1 Å². The lowest BCUT2D eigenvalue weighted by molar-refractivity contribution is -0.143. The summed E-state index contributed by atoms with van der Waals surface area (Å²) in [5.41, 5.74) is 0.591. The third-order valence-corrected chi connectivity index (χ3v) is 6.89. The summed E-state index contributed by atoms with van der Waals surface area (Å²) in [7, 11) is 0. The van der Waals surface area contributed by atoms with Gasteiger partial charge >= 0.3 is 0 Å². The number of halogens is 1. The van der Waals surface area contributed by atoms with Crippen LogP contribution in [0.2, 0.25) is 5.02 Å². The molecule has 1 amide bonds. The second-order valence-electron chi connectivity index (χ2n) is 8.47. The van der Waals surface area contributed by atoms with Gasteiger partial charge in [0.1, 0.15) is 0 Å². The molecular formula is C23H29ClN2O2. The first kappa shape index (κ1) is 19.5. The fraction of sp³-hybridized carbons (Fsp3) is 0.522. The number of benzene rings is 1. The molecule has 0 bridgehead atoms. The molecule has 4 nitrogen and oxygen atoms in total. The van der Waals surface area contributed by atoms with E-state index in [0.717, 1.165) is 37.8 Å². The molecule has 2 fully saturated rings. The number of aliphatic hydroxyl groups is 1. The molecule has 1 saturated carbocycles. The van der Waals surface area contributed by atoms with Crippen molar-refractivity contribution in [2.75, 3.05) is 13.1 Å². The van der Waals surface area contributed by atoms with E-state index < -0.39 is 5.60 Å². The van der Waals surface area contributed by atoms with Gasteiger partial charge in [0.25, 0.3) is 0 Å². The number of likely N-dealkylation sites (tertiary alicyclic amines) is 1. The third-order valence-electron chi connectivity index (χ3n) is 6.64. The maximum absolute atomic E-state index is 13.2. The molecule has 5 heteroatoms. The van der Waals surface area contributed by atoms with Gasteiger partial charge in [-0.15, -0.1) is 0 Å². The second kappa shape index (κ2) is 8.30. The number of aromatic nitrogens is 1. The van der Waals surface area contributed by atoms with Gasteiger partial charge in [-0.1, -0.05) is 36.6 Å². The van der Waals surface area contributed by atoms with Crippen LogP contribution in [0.25, 0.3) is 0 Å². The van der Waals surface area contributed by atoms with Gasteiger partial charge in [-0.3, -0.25) is 4.79 Å². The minimum Gasteiger partial charge on any atom is -0.389 e. The van der Waals surface area contributed by atoms with Gasteiger partial charge in [0.05, 0.1) is 5.60 Å². The van der Waals surface area contributed by atoms with Gasteiger partial charge in [-0.25, -0.2) is 0 Å². The normalized spacial score (nSPS) is 25.9. The highest BCUT2D eigenvalue weighted by Crippen LogP contribution is 2.40. The maximum atomic E-state index is 13.2. The van der Waals surface area contributed by atoms with E-state index in [1.165, 1.54) is 0 Å². The van der Waals surface area contributed by atoms with Crippen LogP contribution in [0.4, 0.5) is 0 Å². The lowest BCUT2D eigenvalue weighted by atomic mass is 9.71. The SMILES string of the molecule is O=C(C[C@H](Cn1cccc1)c1ccc(Cl)cc1)N1CC[C@]2(O)CCCC[C@@H]2C1. The van der Waals surface area contributed by atoms with Crippen molar-refractivity contribution in [3.8, 4) is 0 Å². The summed E-state index contributed by atoms with van der Waals surface area (Å²) in [6, 6.07) is 11.9. The van der Waals surface area contributed by atoms with E-state index in [9.17, 15) is 9.90 Å². The van der Waals surface area contributed by atoms with Crippen molar-refractivity contribution in [3.63, 3.8) is 0 Å². The van der Waals surface area contributed by atoms with E-state index in [0.29, 0.717) is 31.0 Å². The predicted molar refractivity (Wildman–Crippen MR) is 111 cm³/mol. The van der Waals surface area contributed by atoms with Crippen LogP contribution < -0.4 is 0 Å². The Bertz CT molecular complexity index is 789. The number of hydrogen-bond donors (Lipinski definition) is 1. The van der Waals surface area contributed by atoms with Gasteiger partial charge in [0.2, 0.25) is 5.91 Å². The summed E-state index contributed by atoms with van der Waals surface area (Å²) in [6.45, 7) is 2.14. The monoisotopic (exact) mass is 400 g/mol. The van der Waals surface area contributed by atoms with Crippen LogP contribution in [0.15, 0.2) is 48.8 Å². The summed E-state index contributed by atoms with van der Waals surface area (Å²) < 4.78 is 2.13. The van der Waals surface area contributed by atoms with E-state index in [1.54, 1.807) is 0 Å². The molecular weight excluding hydrogens is 372 g/mol. The first-order valence-electron chi connectivity index (χ1n) is 10.4. The Balaban J connectivity index is 1.46. The van der Waals surface area contributed by atoms with E-state index in [1.807, 2.05) is 53.7 Å². The Labute approximate surface area is 172 Å². The molecule has 0 radical (unpaired) electrons. The quantitative estimate of drug-likeness (QED) is 0.804. The van der Waals surface area contributed by atoms with Crippen LogP contribution in [-0.2, 0) is 11.3 Å². The van der Waals surface area contributed by atoms with Crippen molar-refractivity contribution in [2.24, 2.45) is 5.92 Å². The molecule has 2 aromatic rings. The molecule has 0 spiro atoms. The Morgan fingerprint density at radius 3 is 2.68 bits per heavy atom. The van der Waals surface area contributed by atoms with Gasteiger partial charge in [-0.2, -0.15) is 0 Å². The van der Waals surface area contributed by atoms with Crippen molar-refractivity contribution in [2.45, 2.75) is 56.6 Å². The number of piperidine rings is 1. The van der Waals surface area contributed by atoms with E-state index in [4.69, 9.17) is 11.6 Å². The molecule has 0 unspecified atom stereocenters. The number of carbonyl (C=O) groups excluding carboxylic acids is 1. The first-order chi connectivity index (χ1) is 13.5. The van der Waals surface area contributed by atoms with Gasteiger partial charge in [0.15, 0.2) is 0 Å². The summed E-state index contributed by atoms with van der Waals surface area (Å²) in [5.74, 6) is 0.529. The summed E-state index contributed by atoms with van der Waals surface area (Å²) >= 11 is 6.06. The van der Waals surface area contributed by atoms with Crippen LogP contribution in [0.1, 0.15) is 50.0 Å². The predicted octanol–water partition coefficient (Wildman–Crippen LogP) is 4.47. The second-order valence-corrected chi connectivity index (χ2v) is 8.90. The summed E-state index contributed by atoms with van der Waals surface area (Å²) in [4.78, 5) is 15.2. The highest BCUT2D eigenvalue weighted by molar-refractivity contribution is 6.30. The standard InChI is InChI=1S/C23H29ClN2O2/c24-21-8-6-18(7-9-21)19(16-25-12-3-4-13-25)15-22(27)26-14-11-23(28)10-2-1-5-20(23)17-26/h3-4,6-9,12-13,19-20,28H,1-2,5,10-11,14-17H2/t19-,20-,23-/m1/s1. The smallest absolute Gasteiger partial charge is 0.223 e. The molecule has 2 aliphatic rings. The van der Waals surface area contributed by atoms with Crippen LogP contribution in [0, 0.1) is 5.92 Å². The van der Waals surface area contributed by atoms with Crippen molar-refractivity contribution >= 4 is 17.5 Å². The van der Waals surface area contributed by atoms with Crippen molar-refractivity contribution in [1.82, 2.24) is 9.47 Å². The van der Waals surface area contributed by atoms with Crippen molar-refractivity contribution in [3.05, 3.63) is 59.4 Å². The Hall–Kier alpha value is -1.78. The zero-order valence-electron chi connectivity index (χ0n) is 16.3. The average molecular weight is 401 g/mol. The third kappa shape index (κ3) is 4.28. The molecule has 150 valence electrons. The largest absolute Gasteiger partial charge is 0.389 e. The lowest BCUT2D eigenvalue weighted by Gasteiger charge is -2.47. The molecule has 3 atom stereocenters. The molecule has 1 aliphatic heterocycles. The summed E-state index contributed by atoms with van der Waals surface area (Å²) in [5, 5.41) is 11.6. The zero-order chi connectivity index (χ0) is 19.6. The minimum absolute atomic E-state index is 0.101. The number of hydrogen-bond acceptors (Lipinski definition) is 2. The van der Waals surface area contributed by atoms with Crippen LogP contribution in [-0.4, -0.2) is 39.2 Å². The Kier molecular flexibility index (Phi) is 5.79. The molecule has 1 saturated heterocycles. The molecule has 4 rings (SSSR count). The fourth-order valence-electron chi connectivity index (χ4n) is 4.91. The van der Waals surface area contributed by atoms with Gasteiger partial charge in [0, 0.05) is 55.3 Å². The zero-order valence-corrected chi connectivity index (χ0v) is 17.0. The fourth-order valence-corrected chi connectivity index (χ4v) is 5.03. The Morgan fingerprint density at radius 1 is 1.18 bits per heavy atom. The van der Waals surface area contributed by atoms with Crippen molar-refractivity contribution in [1.29, 1.82) is 0 Å². The summed E-state index contributed by atoms with van der Waals surface area (Å²) in [6.07, 6.45) is 9.46. The van der Waals surface area contributed by atoms with Crippen LogP contribution in [0.3, 0.4) is 0 Å². The molecule has 28 heavy (non-hydrogen) atoms. The van der Waals surface area contributed by atoms with Gasteiger partial charge < -0.3 is 14.6 Å². The maximum Gasteiger partial charge on any atom is 0.223 e. The van der Waals surface area contributed by atoms with Crippen LogP contribution >= 0.6 is 11.6 Å².